The van der Waals surface area contributed by atoms with Gasteiger partial charge in [-0.15, -0.1) is 5.10 Å². The number of hydrogen-bond donors (Lipinski definition) is 0. The summed E-state index contributed by atoms with van der Waals surface area (Å²) in [5.41, 5.74) is 3.61. The molecule has 0 N–H and O–H groups in total. The largest absolute Gasteiger partial charge is 0.312 e. The Labute approximate surface area is 194 Å². The van der Waals surface area contributed by atoms with Crippen molar-refractivity contribution in [2.45, 2.75) is 50.5 Å². The van der Waals surface area contributed by atoms with Crippen molar-refractivity contribution in [1.29, 1.82) is 0 Å². The molecule has 0 radical (unpaired) electrons. The van der Waals surface area contributed by atoms with Crippen molar-refractivity contribution < 1.29 is 13.2 Å². The van der Waals surface area contributed by atoms with E-state index in [9.17, 15) is 13.2 Å². The minimum Gasteiger partial charge on any atom is -0.312 e. The van der Waals surface area contributed by atoms with Crippen molar-refractivity contribution in [2.75, 3.05) is 24.5 Å². The predicted molar refractivity (Wildman–Crippen MR) is 127 cm³/mol. The Kier molecular flexibility index (Phi) is 5.70. The number of hydrogen-bond acceptors (Lipinski definition) is 5. The van der Waals surface area contributed by atoms with Gasteiger partial charge < -0.3 is 4.90 Å². The van der Waals surface area contributed by atoms with Crippen LogP contribution < -0.4 is 4.90 Å². The number of sulfonamides is 1. The van der Waals surface area contributed by atoms with E-state index in [0.29, 0.717) is 38.0 Å². The fourth-order valence-electron chi connectivity index (χ4n) is 4.86. The van der Waals surface area contributed by atoms with E-state index < -0.39 is 10.0 Å². The number of benzene rings is 2. The van der Waals surface area contributed by atoms with E-state index in [4.69, 9.17) is 0 Å². The summed E-state index contributed by atoms with van der Waals surface area (Å²) in [6, 6.07) is 13.2. The van der Waals surface area contributed by atoms with Gasteiger partial charge >= 0.3 is 0 Å². The van der Waals surface area contributed by atoms with Crippen LogP contribution in [0.15, 0.2) is 47.4 Å². The third-order valence-corrected chi connectivity index (χ3v) is 8.94. The highest BCUT2D eigenvalue weighted by atomic mass is 32.2. The van der Waals surface area contributed by atoms with Crippen molar-refractivity contribution in [2.24, 2.45) is 5.92 Å². The second-order valence-corrected chi connectivity index (χ2v) is 10.9. The van der Waals surface area contributed by atoms with Crippen LogP contribution in [0.2, 0.25) is 0 Å². The van der Waals surface area contributed by atoms with Crippen LogP contribution in [-0.4, -0.2) is 53.3 Å². The van der Waals surface area contributed by atoms with Gasteiger partial charge in [0.05, 0.1) is 16.5 Å². The Morgan fingerprint density at radius 3 is 2.64 bits per heavy atom. The minimum atomic E-state index is -3.66. The minimum absolute atomic E-state index is 0.111. The zero-order valence-corrected chi connectivity index (χ0v) is 19.8. The van der Waals surface area contributed by atoms with Gasteiger partial charge in [0, 0.05) is 31.2 Å². The number of anilines is 1. The van der Waals surface area contributed by atoms with Crippen molar-refractivity contribution in [1.82, 2.24) is 19.3 Å². The molecule has 2 aromatic carbocycles. The van der Waals surface area contributed by atoms with Gasteiger partial charge in [-0.25, -0.2) is 13.1 Å². The van der Waals surface area contributed by atoms with Crippen LogP contribution in [0.1, 0.15) is 44.7 Å². The quantitative estimate of drug-likeness (QED) is 0.574. The monoisotopic (exact) mass is 467 g/mol. The molecule has 0 bridgehead atoms. The molecule has 3 heterocycles. The third-order valence-electron chi connectivity index (χ3n) is 7.04. The van der Waals surface area contributed by atoms with Crippen molar-refractivity contribution in [3.63, 3.8) is 0 Å². The average Bonchev–Trinajstić information content (AvgIpc) is 3.47. The van der Waals surface area contributed by atoms with Crippen LogP contribution in [0.3, 0.4) is 0 Å². The average molecular weight is 468 g/mol. The lowest BCUT2D eigenvalue weighted by atomic mass is 9.96. The Morgan fingerprint density at radius 2 is 1.88 bits per heavy atom. The van der Waals surface area contributed by atoms with E-state index in [0.717, 1.165) is 24.0 Å². The summed E-state index contributed by atoms with van der Waals surface area (Å²) in [6.45, 7) is 5.52. The van der Waals surface area contributed by atoms with Crippen LogP contribution in [-0.2, 0) is 21.2 Å². The van der Waals surface area contributed by atoms with Gasteiger partial charge in [0.15, 0.2) is 0 Å². The molecule has 8 nitrogen and oxygen atoms in total. The van der Waals surface area contributed by atoms with Crippen molar-refractivity contribution >= 4 is 32.7 Å². The Morgan fingerprint density at radius 1 is 1.12 bits per heavy atom. The summed E-state index contributed by atoms with van der Waals surface area (Å²) >= 11 is 0. The molecule has 3 aromatic rings. The molecule has 2 aliphatic heterocycles. The number of carbonyl (C=O) groups is 1. The number of fused-ring (bicyclic) bond motifs is 2. The number of piperidine rings is 1. The van der Waals surface area contributed by atoms with Gasteiger partial charge in [0.1, 0.15) is 5.52 Å². The molecule has 1 fully saturated rings. The first-order valence-corrected chi connectivity index (χ1v) is 13.1. The summed E-state index contributed by atoms with van der Waals surface area (Å²) < 4.78 is 29.9. The van der Waals surface area contributed by atoms with Crippen molar-refractivity contribution in [3.8, 4) is 0 Å². The second-order valence-electron chi connectivity index (χ2n) is 8.99. The molecule has 1 atom stereocenters. The normalized spacial score (nSPS) is 18.5. The fourth-order valence-corrected chi connectivity index (χ4v) is 6.35. The van der Waals surface area contributed by atoms with Crippen LogP contribution in [0.5, 0.6) is 0 Å². The maximum atomic E-state index is 13.3. The molecule has 0 aliphatic carbocycles. The number of amides is 1. The molecule has 2 aliphatic rings. The van der Waals surface area contributed by atoms with Gasteiger partial charge in [-0.05, 0) is 62.4 Å². The van der Waals surface area contributed by atoms with Crippen LogP contribution in [0, 0.1) is 5.92 Å². The maximum Gasteiger partial charge on any atom is 0.243 e. The summed E-state index contributed by atoms with van der Waals surface area (Å²) in [4.78, 5) is 15.3. The first-order valence-electron chi connectivity index (χ1n) is 11.6. The van der Waals surface area contributed by atoms with Gasteiger partial charge in [0.2, 0.25) is 15.9 Å². The molecule has 0 unspecified atom stereocenters. The second kappa shape index (κ2) is 8.53. The van der Waals surface area contributed by atoms with Gasteiger partial charge in [0.25, 0.3) is 0 Å². The molecule has 1 saturated heterocycles. The highest BCUT2D eigenvalue weighted by Gasteiger charge is 2.36. The first kappa shape index (κ1) is 22.0. The van der Waals surface area contributed by atoms with E-state index >= 15 is 0 Å². The molecule has 1 amide bonds. The molecule has 33 heavy (non-hydrogen) atoms. The number of carbonyl (C=O) groups excluding carboxylic acids is 1. The highest BCUT2D eigenvalue weighted by molar-refractivity contribution is 7.89. The molecule has 0 spiro atoms. The summed E-state index contributed by atoms with van der Waals surface area (Å²) in [5.74, 6) is -0.0411. The topological polar surface area (TPSA) is 88.4 Å². The predicted octanol–water partition coefficient (Wildman–Crippen LogP) is 3.39. The Bertz CT molecular complexity index is 1290. The lowest BCUT2D eigenvalue weighted by Crippen LogP contribution is -2.44. The number of para-hydroxylation sites is 1. The Balaban J connectivity index is 1.29. The van der Waals surface area contributed by atoms with Crippen molar-refractivity contribution in [3.05, 3.63) is 48.0 Å². The maximum absolute atomic E-state index is 13.3. The number of aromatic nitrogens is 3. The van der Waals surface area contributed by atoms with E-state index in [2.05, 4.69) is 30.2 Å². The summed E-state index contributed by atoms with van der Waals surface area (Å²) in [5, 5.41) is 8.39. The molecule has 174 valence electrons. The fraction of sp³-hybridized carbons (Fsp3) is 0.458. The molecular weight excluding hydrogens is 438 g/mol. The van der Waals surface area contributed by atoms with E-state index in [1.54, 1.807) is 18.2 Å². The van der Waals surface area contributed by atoms with E-state index in [1.165, 1.54) is 9.87 Å². The molecular formula is C24H29N5O3S. The number of nitrogens with zero attached hydrogens (tertiary/aromatic N) is 5. The summed E-state index contributed by atoms with van der Waals surface area (Å²) in [7, 11) is -3.66. The smallest absolute Gasteiger partial charge is 0.243 e. The highest BCUT2D eigenvalue weighted by Crippen LogP contribution is 2.32. The van der Waals surface area contributed by atoms with Crippen LogP contribution in [0.25, 0.3) is 11.0 Å². The lowest BCUT2D eigenvalue weighted by Gasteiger charge is -2.32. The Hall–Kier alpha value is -2.78. The molecule has 1 aromatic heterocycles. The zero-order valence-electron chi connectivity index (χ0n) is 19.0. The van der Waals surface area contributed by atoms with Gasteiger partial charge in [-0.3, -0.25) is 4.79 Å². The lowest BCUT2D eigenvalue weighted by molar-refractivity contribution is -0.123. The third kappa shape index (κ3) is 3.83. The summed E-state index contributed by atoms with van der Waals surface area (Å²) in [6.07, 6.45) is 2.85. The first-order chi connectivity index (χ1) is 15.9. The SMILES string of the molecule is CC[C@H](C)n1nnc2cc(S(=O)(=O)N3CCC(C(=O)N4CCc5ccccc54)CC3)ccc21. The van der Waals surface area contributed by atoms with Crippen LogP contribution >= 0.6 is 0 Å². The van der Waals surface area contributed by atoms with E-state index in [-0.39, 0.29) is 22.8 Å². The molecule has 5 rings (SSSR count). The van der Waals surface area contributed by atoms with Crippen LogP contribution in [0.4, 0.5) is 5.69 Å². The standard InChI is InChI=1S/C24H29N5O3S/c1-3-17(2)29-23-9-8-20(16-21(23)25-26-29)33(31,32)27-13-10-19(11-14-27)24(30)28-15-12-18-6-4-5-7-22(18)28/h4-9,16-17,19H,3,10-15H2,1-2H3/t17-/m0/s1. The zero-order chi connectivity index (χ0) is 23.2. The molecule has 0 saturated carbocycles. The van der Waals surface area contributed by atoms with Gasteiger partial charge in [-0.2, -0.15) is 4.31 Å². The number of rotatable bonds is 5. The molecule has 9 heteroatoms. The van der Waals surface area contributed by atoms with Gasteiger partial charge in [-0.1, -0.05) is 30.3 Å². The van der Waals surface area contributed by atoms with E-state index in [1.807, 2.05) is 27.8 Å².